The highest BCUT2D eigenvalue weighted by atomic mass is 16.6. The number of nitrogens with two attached hydrogens (primary N) is 1. The van der Waals surface area contributed by atoms with Gasteiger partial charge in [-0.3, -0.25) is 0 Å². The zero-order valence-electron chi connectivity index (χ0n) is 12.0. The van der Waals surface area contributed by atoms with Gasteiger partial charge in [0.2, 0.25) is 0 Å². The average Bonchev–Trinajstić information content (AvgIpc) is 2.97. The van der Waals surface area contributed by atoms with E-state index in [0.29, 0.717) is 18.9 Å². The van der Waals surface area contributed by atoms with Crippen molar-refractivity contribution in [2.24, 2.45) is 0 Å². The Balaban J connectivity index is 1.90. The highest BCUT2D eigenvalue weighted by Gasteiger charge is 2.11. The zero-order chi connectivity index (χ0) is 15.1. The van der Waals surface area contributed by atoms with Crippen LogP contribution in [-0.4, -0.2) is 35.6 Å². The van der Waals surface area contributed by atoms with E-state index in [1.165, 1.54) is 0 Å². The fraction of sp³-hybridized carbons (Fsp3) is 0.333. The number of esters is 1. The zero-order valence-corrected chi connectivity index (χ0v) is 12.0. The normalized spacial score (nSPS) is 10.5. The van der Waals surface area contributed by atoms with Gasteiger partial charge in [-0.1, -0.05) is 6.92 Å². The van der Waals surface area contributed by atoms with E-state index < -0.39 is 5.97 Å². The highest BCUT2D eigenvalue weighted by molar-refractivity contribution is 5.87. The molecule has 0 saturated heterocycles. The van der Waals surface area contributed by atoms with Crippen LogP contribution in [0.5, 0.6) is 0 Å². The lowest BCUT2D eigenvalue weighted by atomic mass is 10.3. The number of anilines is 1. The summed E-state index contributed by atoms with van der Waals surface area (Å²) in [6, 6.07) is 8.83. The van der Waals surface area contributed by atoms with E-state index in [2.05, 4.69) is 5.10 Å². The van der Waals surface area contributed by atoms with Gasteiger partial charge in [0.15, 0.2) is 5.69 Å². The number of hydrogen-bond acceptors (Lipinski definition) is 5. The van der Waals surface area contributed by atoms with Gasteiger partial charge in [0.1, 0.15) is 6.61 Å². The van der Waals surface area contributed by atoms with Crippen LogP contribution in [0.2, 0.25) is 0 Å². The number of carbonyl (C=O) groups is 1. The summed E-state index contributed by atoms with van der Waals surface area (Å²) in [5, 5.41) is 4.19. The first-order valence-electron chi connectivity index (χ1n) is 6.87. The average molecular weight is 289 g/mol. The van der Waals surface area contributed by atoms with Crippen LogP contribution in [0.15, 0.2) is 36.5 Å². The highest BCUT2D eigenvalue weighted by Crippen LogP contribution is 2.11. The number of aromatic nitrogens is 2. The maximum absolute atomic E-state index is 11.8. The predicted molar refractivity (Wildman–Crippen MR) is 79.4 cm³/mol. The maximum Gasteiger partial charge on any atom is 0.358 e. The summed E-state index contributed by atoms with van der Waals surface area (Å²) in [6.07, 6.45) is 2.65. The summed E-state index contributed by atoms with van der Waals surface area (Å²) < 4.78 is 11.9. The van der Waals surface area contributed by atoms with Crippen LogP contribution in [0, 0.1) is 0 Å². The third kappa shape index (κ3) is 4.32. The van der Waals surface area contributed by atoms with E-state index in [9.17, 15) is 4.79 Å². The molecule has 0 aliphatic heterocycles. The Morgan fingerprint density at radius 3 is 2.67 bits per heavy atom. The topological polar surface area (TPSA) is 79.4 Å². The fourth-order valence-corrected chi connectivity index (χ4v) is 1.72. The molecule has 112 valence electrons. The summed E-state index contributed by atoms with van der Waals surface area (Å²) in [6.45, 7) is 3.32. The molecule has 1 heterocycles. The first-order chi connectivity index (χ1) is 10.2. The molecule has 1 aromatic carbocycles. The molecule has 0 aliphatic carbocycles. The largest absolute Gasteiger partial charge is 0.458 e. The van der Waals surface area contributed by atoms with Gasteiger partial charge >= 0.3 is 5.97 Å². The van der Waals surface area contributed by atoms with Gasteiger partial charge < -0.3 is 15.2 Å². The molecule has 0 atom stereocenters. The smallest absolute Gasteiger partial charge is 0.358 e. The minimum Gasteiger partial charge on any atom is -0.458 e. The van der Waals surface area contributed by atoms with Gasteiger partial charge in [0.25, 0.3) is 0 Å². The lowest BCUT2D eigenvalue weighted by Crippen LogP contribution is -2.12. The molecule has 0 amide bonds. The summed E-state index contributed by atoms with van der Waals surface area (Å²) in [5.41, 5.74) is 7.40. The van der Waals surface area contributed by atoms with Crippen LogP contribution in [0.25, 0.3) is 5.69 Å². The first kappa shape index (κ1) is 15.1. The third-order valence-corrected chi connectivity index (χ3v) is 2.77. The molecule has 0 radical (unpaired) electrons. The number of carbonyl (C=O) groups excluding carboxylic acids is 1. The van der Waals surface area contributed by atoms with E-state index >= 15 is 0 Å². The minimum absolute atomic E-state index is 0.230. The van der Waals surface area contributed by atoms with Gasteiger partial charge in [-0.15, -0.1) is 0 Å². The van der Waals surface area contributed by atoms with E-state index in [0.717, 1.165) is 12.1 Å². The molecule has 0 bridgehead atoms. The monoisotopic (exact) mass is 289 g/mol. The van der Waals surface area contributed by atoms with Crippen molar-refractivity contribution in [3.8, 4) is 5.69 Å². The van der Waals surface area contributed by atoms with Gasteiger partial charge in [-0.05, 0) is 36.8 Å². The van der Waals surface area contributed by atoms with Gasteiger partial charge in [0, 0.05) is 18.5 Å². The third-order valence-electron chi connectivity index (χ3n) is 2.77. The van der Waals surface area contributed by atoms with Crippen LogP contribution in [-0.2, 0) is 9.47 Å². The molecule has 6 heteroatoms. The maximum atomic E-state index is 11.8. The Labute approximate surface area is 123 Å². The van der Waals surface area contributed by atoms with Crippen molar-refractivity contribution in [1.29, 1.82) is 0 Å². The lowest BCUT2D eigenvalue weighted by molar-refractivity contribution is 0.0312. The molecule has 2 N–H and O–H groups in total. The second-order valence-electron chi connectivity index (χ2n) is 4.49. The van der Waals surface area contributed by atoms with Gasteiger partial charge in [-0.2, -0.15) is 5.10 Å². The SMILES string of the molecule is CCCOCCOC(=O)c1ccn(-c2ccc(N)cc2)n1. The van der Waals surface area contributed by atoms with Crippen molar-refractivity contribution < 1.29 is 14.3 Å². The van der Waals surface area contributed by atoms with E-state index in [-0.39, 0.29) is 12.3 Å². The Kier molecular flexibility index (Phi) is 5.34. The summed E-state index contributed by atoms with van der Waals surface area (Å²) in [4.78, 5) is 11.8. The number of nitrogens with zero attached hydrogens (tertiary/aromatic N) is 2. The van der Waals surface area contributed by atoms with Crippen LogP contribution in [0.1, 0.15) is 23.8 Å². The lowest BCUT2D eigenvalue weighted by Gasteiger charge is -2.04. The standard InChI is InChI=1S/C15H19N3O3/c1-2-9-20-10-11-21-15(19)14-7-8-18(17-14)13-5-3-12(16)4-6-13/h3-8H,2,9-11,16H2,1H3. The number of ether oxygens (including phenoxy) is 2. The van der Waals surface area contributed by atoms with Crippen LogP contribution < -0.4 is 5.73 Å². The summed E-state index contributed by atoms with van der Waals surface area (Å²) in [5.74, 6) is -0.454. The Bertz CT molecular complexity index is 578. The predicted octanol–water partition coefficient (Wildman–Crippen LogP) is 2.04. The van der Waals surface area contributed by atoms with E-state index in [1.807, 2.05) is 19.1 Å². The molecule has 2 rings (SSSR count). The number of rotatable bonds is 7. The molecule has 21 heavy (non-hydrogen) atoms. The molecule has 0 fully saturated rings. The molecule has 0 saturated carbocycles. The number of benzene rings is 1. The number of hydrogen-bond donors (Lipinski definition) is 1. The molecule has 6 nitrogen and oxygen atoms in total. The van der Waals surface area contributed by atoms with Gasteiger partial charge in [0.05, 0.1) is 12.3 Å². The summed E-state index contributed by atoms with van der Waals surface area (Å²) in [7, 11) is 0. The van der Waals surface area contributed by atoms with Crippen LogP contribution in [0.4, 0.5) is 5.69 Å². The molecule has 0 aliphatic rings. The quantitative estimate of drug-likeness (QED) is 0.479. The number of nitrogen functional groups attached to an aromatic ring is 1. The van der Waals surface area contributed by atoms with E-state index in [4.69, 9.17) is 15.2 Å². The van der Waals surface area contributed by atoms with Crippen molar-refractivity contribution in [3.05, 3.63) is 42.2 Å². The van der Waals surface area contributed by atoms with Gasteiger partial charge in [-0.25, -0.2) is 9.48 Å². The Morgan fingerprint density at radius 2 is 1.95 bits per heavy atom. The fourth-order valence-electron chi connectivity index (χ4n) is 1.72. The molecular formula is C15H19N3O3. The molecule has 2 aromatic rings. The molecule has 1 aromatic heterocycles. The summed E-state index contributed by atoms with van der Waals surface area (Å²) >= 11 is 0. The van der Waals surface area contributed by atoms with Crippen molar-refractivity contribution in [1.82, 2.24) is 9.78 Å². The van der Waals surface area contributed by atoms with E-state index in [1.54, 1.807) is 29.1 Å². The molecule has 0 spiro atoms. The van der Waals surface area contributed by atoms with Crippen LogP contribution >= 0.6 is 0 Å². The first-order valence-corrected chi connectivity index (χ1v) is 6.87. The minimum atomic E-state index is -0.454. The second-order valence-corrected chi connectivity index (χ2v) is 4.49. The second kappa shape index (κ2) is 7.44. The van der Waals surface area contributed by atoms with Crippen LogP contribution in [0.3, 0.4) is 0 Å². The Morgan fingerprint density at radius 1 is 1.19 bits per heavy atom. The Hall–Kier alpha value is -2.34. The van der Waals surface area contributed by atoms with Crippen molar-refractivity contribution in [2.45, 2.75) is 13.3 Å². The molecular weight excluding hydrogens is 270 g/mol. The van der Waals surface area contributed by atoms with Crippen molar-refractivity contribution in [3.63, 3.8) is 0 Å². The molecule has 0 unspecified atom stereocenters. The van der Waals surface area contributed by atoms with Crippen molar-refractivity contribution >= 4 is 11.7 Å². The van der Waals surface area contributed by atoms with Crippen molar-refractivity contribution in [2.75, 3.05) is 25.6 Å².